The van der Waals surface area contributed by atoms with E-state index >= 15 is 0 Å². The summed E-state index contributed by atoms with van der Waals surface area (Å²) < 4.78 is 0. The van der Waals surface area contributed by atoms with Gasteiger partial charge in [-0.15, -0.1) is 0 Å². The topological polar surface area (TPSA) is 148 Å². The van der Waals surface area contributed by atoms with Crippen LogP contribution in [0.4, 0.5) is 0 Å². The Kier molecular flexibility index (Phi) is 8.38. The van der Waals surface area contributed by atoms with Gasteiger partial charge in [0.2, 0.25) is 0 Å². The van der Waals surface area contributed by atoms with Crippen LogP contribution < -0.4 is 5.32 Å². The standard InChI is InChI=1S/C23H37N5O2.C7H4ClNO/c1-21(2)12-22(3,4)20(21)26-19(30)17(24)5-6-18(25)28-10-15(11-28)9-27-13-23(14-27)7-16(29)8-23;8-7-3-6(10)2-1-5(7)4-9/h5-6,15-16,20,24-25,29H,7-14H2,1-4H3,(H,26,30);1-3,10H/b6-5-,24-17?,25-18?;. The second-order valence-corrected chi connectivity index (χ2v) is 13.9. The zero-order valence-electron chi connectivity index (χ0n) is 23.8. The summed E-state index contributed by atoms with van der Waals surface area (Å²) in [7, 11) is 0. The molecule has 0 unspecified atom stereocenters. The van der Waals surface area contributed by atoms with E-state index in [0.717, 1.165) is 52.0 Å². The van der Waals surface area contributed by atoms with Crippen LogP contribution in [-0.4, -0.2) is 82.3 Å². The number of hydrogen-bond donors (Lipinski definition) is 5. The Morgan fingerprint density at radius 2 is 1.80 bits per heavy atom. The van der Waals surface area contributed by atoms with Crippen LogP contribution in [0.3, 0.4) is 0 Å². The van der Waals surface area contributed by atoms with E-state index in [1.54, 1.807) is 6.08 Å². The molecule has 40 heavy (non-hydrogen) atoms. The number of carbonyl (C=O) groups is 1. The second-order valence-electron chi connectivity index (χ2n) is 13.5. The third-order valence-electron chi connectivity index (χ3n) is 8.74. The SMILES string of the molecule is CC1(C)CC(C)(C)C1NC(=O)C(=N)/C=C\C(=N)N1CC(CN2CC3(CC(O)C3)C2)C1.N#Cc1ccc(O)cc1Cl. The van der Waals surface area contributed by atoms with E-state index in [2.05, 4.69) is 37.9 Å². The molecule has 0 radical (unpaired) electrons. The number of likely N-dealkylation sites (tertiary alicyclic amines) is 2. The molecule has 1 amide bonds. The number of halogens is 1. The van der Waals surface area contributed by atoms with E-state index < -0.39 is 0 Å². The molecule has 2 aliphatic carbocycles. The number of nitrogens with zero attached hydrogens (tertiary/aromatic N) is 3. The second kappa shape index (κ2) is 11.2. The Morgan fingerprint density at radius 1 is 1.18 bits per heavy atom. The van der Waals surface area contributed by atoms with Gasteiger partial charge >= 0.3 is 0 Å². The molecule has 2 saturated carbocycles. The lowest BCUT2D eigenvalue weighted by molar-refractivity contribution is -0.134. The van der Waals surface area contributed by atoms with E-state index in [1.807, 2.05) is 11.0 Å². The Balaban J connectivity index is 0.000000312. The predicted molar refractivity (Wildman–Crippen MR) is 156 cm³/mol. The number of amides is 1. The number of rotatable bonds is 6. The van der Waals surface area contributed by atoms with E-state index in [4.69, 9.17) is 32.8 Å². The number of aliphatic hydroxyl groups is 1. The number of phenolic OH excluding ortho intramolecular Hbond substituents is 1. The molecule has 1 aromatic rings. The molecular weight excluding hydrogens is 528 g/mol. The first-order chi connectivity index (χ1) is 18.6. The number of nitriles is 1. The number of hydrogen-bond acceptors (Lipinski definition) is 7. The summed E-state index contributed by atoms with van der Waals surface area (Å²) in [5.74, 6) is 0.658. The van der Waals surface area contributed by atoms with Crippen LogP contribution in [0.15, 0.2) is 30.4 Å². The minimum absolute atomic E-state index is 0.0526. The quantitative estimate of drug-likeness (QED) is 0.260. The van der Waals surface area contributed by atoms with Gasteiger partial charge in [0.1, 0.15) is 23.4 Å². The van der Waals surface area contributed by atoms with Crippen LogP contribution >= 0.6 is 11.6 Å². The number of aliphatic hydroxyl groups excluding tert-OH is 1. The molecule has 5 rings (SSSR count). The number of aromatic hydroxyl groups is 1. The van der Waals surface area contributed by atoms with Gasteiger partial charge in [-0.3, -0.25) is 15.6 Å². The van der Waals surface area contributed by atoms with Crippen LogP contribution in [0, 0.1) is 44.3 Å². The average Bonchev–Trinajstić information content (AvgIpc) is 2.79. The summed E-state index contributed by atoms with van der Waals surface area (Å²) in [6, 6.07) is 6.16. The van der Waals surface area contributed by atoms with Crippen molar-refractivity contribution in [1.82, 2.24) is 15.1 Å². The molecule has 1 aromatic carbocycles. The third kappa shape index (κ3) is 6.51. The van der Waals surface area contributed by atoms with Crippen molar-refractivity contribution in [3.63, 3.8) is 0 Å². The first-order valence-electron chi connectivity index (χ1n) is 13.8. The van der Waals surface area contributed by atoms with Gasteiger partial charge in [0.15, 0.2) is 0 Å². The Morgan fingerprint density at radius 3 is 2.33 bits per heavy atom. The first kappa shape index (κ1) is 30.0. The van der Waals surface area contributed by atoms with E-state index in [0.29, 0.717) is 22.7 Å². The summed E-state index contributed by atoms with van der Waals surface area (Å²) >= 11 is 5.55. The zero-order valence-corrected chi connectivity index (χ0v) is 24.6. The zero-order chi connectivity index (χ0) is 29.5. The molecule has 2 aliphatic heterocycles. The maximum atomic E-state index is 12.4. The lowest BCUT2D eigenvalue weighted by Gasteiger charge is -2.59. The average molecular weight is 569 g/mol. The molecule has 0 bridgehead atoms. The molecule has 0 atom stereocenters. The Labute approximate surface area is 241 Å². The molecule has 10 heteroatoms. The van der Waals surface area contributed by atoms with Gasteiger partial charge < -0.3 is 25.3 Å². The van der Waals surface area contributed by atoms with E-state index in [1.165, 1.54) is 24.3 Å². The number of phenols is 1. The number of benzene rings is 1. The minimum Gasteiger partial charge on any atom is -0.508 e. The smallest absolute Gasteiger partial charge is 0.269 e. The fraction of sp³-hybridized carbons (Fsp3) is 0.600. The highest BCUT2D eigenvalue weighted by Crippen LogP contribution is 2.53. The van der Waals surface area contributed by atoms with Gasteiger partial charge in [0, 0.05) is 50.1 Å². The van der Waals surface area contributed by atoms with E-state index in [9.17, 15) is 9.90 Å². The molecule has 1 spiro atoms. The van der Waals surface area contributed by atoms with Crippen molar-refractivity contribution in [2.24, 2.45) is 22.2 Å². The molecule has 2 saturated heterocycles. The van der Waals surface area contributed by atoms with Gasteiger partial charge in [-0.25, -0.2) is 0 Å². The maximum absolute atomic E-state index is 12.4. The molecule has 9 nitrogen and oxygen atoms in total. The summed E-state index contributed by atoms with van der Waals surface area (Å²) in [6.07, 6.45) is 5.92. The van der Waals surface area contributed by atoms with Crippen LogP contribution in [-0.2, 0) is 4.79 Å². The largest absolute Gasteiger partial charge is 0.508 e. The van der Waals surface area contributed by atoms with Gasteiger partial charge in [-0.1, -0.05) is 39.3 Å². The lowest BCUT2D eigenvalue weighted by atomic mass is 9.52. The molecule has 4 fully saturated rings. The van der Waals surface area contributed by atoms with Gasteiger partial charge in [-0.05, 0) is 60.4 Å². The van der Waals surface area contributed by atoms with Crippen LogP contribution in [0.1, 0.15) is 52.5 Å². The first-order valence-corrected chi connectivity index (χ1v) is 14.2. The highest BCUT2D eigenvalue weighted by Gasteiger charge is 2.54. The van der Waals surface area contributed by atoms with Gasteiger partial charge in [-0.2, -0.15) is 5.26 Å². The van der Waals surface area contributed by atoms with Crippen molar-refractivity contribution in [3.05, 3.63) is 40.9 Å². The van der Waals surface area contributed by atoms with Gasteiger partial charge in [0.05, 0.1) is 16.7 Å². The van der Waals surface area contributed by atoms with Crippen molar-refractivity contribution in [3.8, 4) is 11.8 Å². The molecular formula is C30H41ClN6O3. The molecule has 0 aromatic heterocycles. The van der Waals surface area contributed by atoms with Crippen molar-refractivity contribution >= 4 is 29.1 Å². The van der Waals surface area contributed by atoms with Crippen molar-refractivity contribution in [2.45, 2.75) is 59.1 Å². The maximum Gasteiger partial charge on any atom is 0.269 e. The molecule has 2 heterocycles. The summed E-state index contributed by atoms with van der Waals surface area (Å²) in [5.41, 5.74) is 0.792. The van der Waals surface area contributed by atoms with Crippen molar-refractivity contribution in [2.75, 3.05) is 32.7 Å². The fourth-order valence-electron chi connectivity index (χ4n) is 7.32. The normalized spacial score (nSPS) is 23.1. The van der Waals surface area contributed by atoms with Crippen LogP contribution in [0.2, 0.25) is 5.02 Å². The van der Waals surface area contributed by atoms with Gasteiger partial charge in [0.25, 0.3) is 5.91 Å². The Bertz CT molecular complexity index is 1220. The summed E-state index contributed by atoms with van der Waals surface area (Å²) in [5, 5.41) is 46.3. The molecule has 216 valence electrons. The number of amidine groups is 1. The Hall–Kier alpha value is -2.93. The third-order valence-corrected chi connectivity index (χ3v) is 9.06. The molecule has 5 N–H and O–H groups in total. The molecule has 4 aliphatic rings. The highest BCUT2D eigenvalue weighted by atomic mass is 35.5. The minimum atomic E-state index is -0.362. The monoisotopic (exact) mass is 568 g/mol. The van der Waals surface area contributed by atoms with Crippen molar-refractivity contribution in [1.29, 1.82) is 16.1 Å². The summed E-state index contributed by atoms with van der Waals surface area (Å²) in [4.78, 5) is 16.9. The lowest BCUT2D eigenvalue weighted by Crippen LogP contribution is -2.66. The predicted octanol–water partition coefficient (Wildman–Crippen LogP) is 3.79. The number of nitrogens with one attached hydrogen (secondary N) is 3. The van der Waals surface area contributed by atoms with Crippen LogP contribution in [0.25, 0.3) is 0 Å². The number of carbonyl (C=O) groups excluding carboxylic acids is 1. The highest BCUT2D eigenvalue weighted by molar-refractivity contribution is 6.42. The van der Waals surface area contributed by atoms with E-state index in [-0.39, 0.29) is 45.4 Å². The van der Waals surface area contributed by atoms with Crippen LogP contribution in [0.5, 0.6) is 5.75 Å². The van der Waals surface area contributed by atoms with Crippen molar-refractivity contribution < 1.29 is 15.0 Å². The summed E-state index contributed by atoms with van der Waals surface area (Å²) in [6.45, 7) is 13.6. The fourth-order valence-corrected chi connectivity index (χ4v) is 7.54.